The number of carbonyl (C=O) groups is 1. The van der Waals surface area contributed by atoms with Gasteiger partial charge in [-0.2, -0.15) is 0 Å². The quantitative estimate of drug-likeness (QED) is 0.346. The summed E-state index contributed by atoms with van der Waals surface area (Å²) in [7, 11) is 0. The molecular weight excluding hydrogens is 170 g/mol. The molecule has 0 aromatic heterocycles. The Balaban J connectivity index is 3.65. The molecule has 0 atom stereocenters. The largest absolute Gasteiger partial charge is 0.445 e. The zero-order chi connectivity index (χ0) is 10.3. The number of amides is 1. The van der Waals surface area contributed by atoms with E-state index in [0.717, 1.165) is 0 Å². The van der Waals surface area contributed by atoms with Gasteiger partial charge in [0.25, 0.3) is 0 Å². The molecule has 0 aliphatic carbocycles. The normalized spacial score (nSPS) is 9.15. The molecule has 0 bridgehead atoms. The Bertz CT molecular complexity index is 202. The molecule has 0 fully saturated rings. The first-order valence-electron chi connectivity index (χ1n) is 3.96. The van der Waals surface area contributed by atoms with Crippen LogP contribution in [0.1, 0.15) is 13.8 Å². The molecule has 0 aromatic rings. The van der Waals surface area contributed by atoms with Crippen LogP contribution in [0.5, 0.6) is 0 Å². The van der Waals surface area contributed by atoms with Gasteiger partial charge in [0.05, 0.1) is 0 Å². The number of nitrogens with one attached hydrogen (secondary N) is 3. The van der Waals surface area contributed by atoms with Gasteiger partial charge in [-0.3, -0.25) is 10.7 Å². The Morgan fingerprint density at radius 3 is 2.77 bits per heavy atom. The highest BCUT2D eigenvalue weighted by Gasteiger charge is 2.04. The Morgan fingerprint density at radius 2 is 2.31 bits per heavy atom. The number of carbonyl (C=O) groups excluding carboxylic acids is 1. The second kappa shape index (κ2) is 6.05. The lowest BCUT2D eigenvalue weighted by Gasteiger charge is -2.11. The lowest BCUT2D eigenvalue weighted by Crippen LogP contribution is -2.43. The first kappa shape index (κ1) is 11.5. The highest BCUT2D eigenvalue weighted by molar-refractivity contribution is 5.92. The Hall–Kier alpha value is -1.52. The van der Waals surface area contributed by atoms with Crippen molar-refractivity contribution < 1.29 is 9.53 Å². The van der Waals surface area contributed by atoms with Crippen molar-refractivity contribution in [1.82, 2.24) is 10.6 Å². The van der Waals surface area contributed by atoms with E-state index in [1.807, 2.05) is 13.8 Å². The molecule has 74 valence electrons. The van der Waals surface area contributed by atoms with Gasteiger partial charge < -0.3 is 10.1 Å². The molecule has 3 N–H and O–H groups in total. The molecule has 0 aliphatic rings. The summed E-state index contributed by atoms with van der Waals surface area (Å²) in [5.74, 6) is -0.0657. The van der Waals surface area contributed by atoms with Crippen LogP contribution < -0.4 is 10.6 Å². The van der Waals surface area contributed by atoms with E-state index in [1.54, 1.807) is 0 Å². The molecule has 0 saturated heterocycles. The zero-order valence-corrected chi connectivity index (χ0v) is 7.89. The van der Waals surface area contributed by atoms with Gasteiger partial charge in [0.1, 0.15) is 6.61 Å². The van der Waals surface area contributed by atoms with E-state index in [0.29, 0.717) is 0 Å². The van der Waals surface area contributed by atoms with Crippen LogP contribution in [0.15, 0.2) is 12.7 Å². The van der Waals surface area contributed by atoms with Gasteiger partial charge in [0.15, 0.2) is 5.96 Å². The van der Waals surface area contributed by atoms with E-state index in [2.05, 4.69) is 21.9 Å². The molecule has 13 heavy (non-hydrogen) atoms. The molecule has 5 nitrogen and oxygen atoms in total. The van der Waals surface area contributed by atoms with Crippen LogP contribution in [0.4, 0.5) is 4.79 Å². The molecular formula is C8H15N3O2. The van der Waals surface area contributed by atoms with E-state index >= 15 is 0 Å². The van der Waals surface area contributed by atoms with Crippen LogP contribution in [0, 0.1) is 5.41 Å². The molecule has 5 heteroatoms. The van der Waals surface area contributed by atoms with Crippen LogP contribution in [-0.2, 0) is 4.74 Å². The predicted molar refractivity (Wildman–Crippen MR) is 50.7 cm³/mol. The van der Waals surface area contributed by atoms with Crippen molar-refractivity contribution in [3.05, 3.63) is 12.7 Å². The smallest absolute Gasteiger partial charge is 0.414 e. The van der Waals surface area contributed by atoms with Crippen LogP contribution in [0.2, 0.25) is 0 Å². The minimum absolute atomic E-state index is 0.0657. The van der Waals surface area contributed by atoms with Crippen molar-refractivity contribution in [2.45, 2.75) is 19.9 Å². The number of hydrogen-bond acceptors (Lipinski definition) is 3. The third-order valence-corrected chi connectivity index (χ3v) is 0.992. The van der Waals surface area contributed by atoms with Crippen LogP contribution in [0.25, 0.3) is 0 Å². The van der Waals surface area contributed by atoms with Crippen molar-refractivity contribution in [2.24, 2.45) is 0 Å². The van der Waals surface area contributed by atoms with Gasteiger partial charge in [-0.05, 0) is 13.8 Å². The fourth-order valence-corrected chi connectivity index (χ4v) is 0.598. The van der Waals surface area contributed by atoms with Gasteiger partial charge in [0.2, 0.25) is 0 Å². The highest BCUT2D eigenvalue weighted by Crippen LogP contribution is 1.79. The molecule has 0 spiro atoms. The molecule has 0 radical (unpaired) electrons. The summed E-state index contributed by atoms with van der Waals surface area (Å²) in [6, 6.07) is 0.104. The van der Waals surface area contributed by atoms with E-state index in [-0.39, 0.29) is 18.6 Å². The monoisotopic (exact) mass is 185 g/mol. The van der Waals surface area contributed by atoms with E-state index in [1.165, 1.54) is 6.08 Å². The van der Waals surface area contributed by atoms with Crippen LogP contribution in [-0.4, -0.2) is 24.7 Å². The Morgan fingerprint density at radius 1 is 1.69 bits per heavy atom. The number of guanidine groups is 1. The van der Waals surface area contributed by atoms with Gasteiger partial charge >= 0.3 is 6.09 Å². The summed E-state index contributed by atoms with van der Waals surface area (Å²) in [5, 5.41) is 12.1. The average molecular weight is 185 g/mol. The number of hydrogen-bond donors (Lipinski definition) is 3. The van der Waals surface area contributed by atoms with Crippen molar-refractivity contribution in [1.29, 1.82) is 5.41 Å². The topological polar surface area (TPSA) is 74.2 Å². The summed E-state index contributed by atoms with van der Waals surface area (Å²) >= 11 is 0. The Kier molecular flexibility index (Phi) is 5.34. The van der Waals surface area contributed by atoms with E-state index in [4.69, 9.17) is 5.41 Å². The number of rotatable bonds is 3. The van der Waals surface area contributed by atoms with E-state index in [9.17, 15) is 4.79 Å². The first-order chi connectivity index (χ1) is 6.06. The summed E-state index contributed by atoms with van der Waals surface area (Å²) in [6.07, 6.45) is 0.803. The molecule has 0 aliphatic heterocycles. The third kappa shape index (κ3) is 6.86. The average Bonchev–Trinajstić information content (AvgIpc) is 1.98. The lowest BCUT2D eigenvalue weighted by molar-refractivity contribution is 0.163. The second-order valence-corrected chi connectivity index (χ2v) is 2.69. The fraction of sp³-hybridized carbons (Fsp3) is 0.500. The summed E-state index contributed by atoms with van der Waals surface area (Å²) in [5.41, 5.74) is 0. The standard InChI is InChI=1S/C8H15N3O2/c1-4-5-13-8(12)11-7(9)10-6(2)3/h4,6H,1,5H2,2-3H3,(H3,9,10,11,12). The van der Waals surface area contributed by atoms with Crippen molar-refractivity contribution >= 4 is 12.1 Å². The summed E-state index contributed by atoms with van der Waals surface area (Å²) in [4.78, 5) is 10.8. The Labute approximate surface area is 77.7 Å². The second-order valence-electron chi connectivity index (χ2n) is 2.69. The SMILES string of the molecule is C=CCOC(=O)NC(=N)NC(C)C. The van der Waals surface area contributed by atoms with Gasteiger partial charge in [-0.15, -0.1) is 0 Å². The van der Waals surface area contributed by atoms with Crippen molar-refractivity contribution in [3.8, 4) is 0 Å². The first-order valence-corrected chi connectivity index (χ1v) is 3.96. The maximum absolute atomic E-state index is 10.8. The molecule has 0 unspecified atom stereocenters. The van der Waals surface area contributed by atoms with Crippen molar-refractivity contribution in [2.75, 3.05) is 6.61 Å². The maximum atomic E-state index is 10.8. The van der Waals surface area contributed by atoms with Gasteiger partial charge in [-0.25, -0.2) is 4.79 Å². The predicted octanol–water partition coefficient (Wildman–Crippen LogP) is 0.831. The number of alkyl carbamates (subject to hydrolysis) is 1. The van der Waals surface area contributed by atoms with Gasteiger partial charge in [0, 0.05) is 6.04 Å². The van der Waals surface area contributed by atoms with Crippen molar-refractivity contribution in [3.63, 3.8) is 0 Å². The third-order valence-electron chi connectivity index (χ3n) is 0.992. The summed E-state index contributed by atoms with van der Waals surface area (Å²) < 4.78 is 4.59. The van der Waals surface area contributed by atoms with Crippen LogP contribution >= 0.6 is 0 Å². The lowest BCUT2D eigenvalue weighted by atomic mass is 10.4. The molecule has 0 heterocycles. The fourth-order valence-electron chi connectivity index (χ4n) is 0.598. The highest BCUT2D eigenvalue weighted by atomic mass is 16.5. The molecule has 1 amide bonds. The minimum atomic E-state index is -0.655. The van der Waals surface area contributed by atoms with E-state index < -0.39 is 6.09 Å². The summed E-state index contributed by atoms with van der Waals surface area (Å²) in [6.45, 7) is 7.26. The van der Waals surface area contributed by atoms with Crippen LogP contribution in [0.3, 0.4) is 0 Å². The van der Waals surface area contributed by atoms with Gasteiger partial charge in [-0.1, -0.05) is 12.7 Å². The molecule has 0 saturated carbocycles. The molecule has 0 rings (SSSR count). The minimum Gasteiger partial charge on any atom is -0.445 e. The maximum Gasteiger partial charge on any atom is 0.414 e. The zero-order valence-electron chi connectivity index (χ0n) is 7.89. The number of ether oxygens (including phenoxy) is 1. The molecule has 0 aromatic carbocycles.